The predicted octanol–water partition coefficient (Wildman–Crippen LogP) is 2.42. The number of hydrogen-bond donors (Lipinski definition) is 0. The van der Waals surface area contributed by atoms with Gasteiger partial charge in [0.25, 0.3) is 0 Å². The summed E-state index contributed by atoms with van der Waals surface area (Å²) >= 11 is 3.29. The fourth-order valence-corrected chi connectivity index (χ4v) is 1.41. The van der Waals surface area contributed by atoms with E-state index in [9.17, 15) is 4.79 Å². The smallest absolute Gasteiger partial charge is 0.236 e. The molecule has 0 heterocycles. The van der Waals surface area contributed by atoms with Gasteiger partial charge in [0, 0.05) is 13.1 Å². The third-order valence-electron chi connectivity index (χ3n) is 1.64. The zero-order chi connectivity index (χ0) is 9.56. The summed E-state index contributed by atoms with van der Waals surface area (Å²) < 4.78 is 0. The summed E-state index contributed by atoms with van der Waals surface area (Å²) in [6.07, 6.45) is 2.07. The maximum atomic E-state index is 11.5. The van der Waals surface area contributed by atoms with Crippen LogP contribution in [0.4, 0.5) is 0 Å². The maximum Gasteiger partial charge on any atom is 0.236 e. The van der Waals surface area contributed by atoms with Crippen molar-refractivity contribution >= 4 is 21.8 Å². The second kappa shape index (κ2) is 6.46. The zero-order valence-electron chi connectivity index (χ0n) is 8.14. The van der Waals surface area contributed by atoms with Crippen molar-refractivity contribution in [3.8, 4) is 0 Å². The molecule has 0 radical (unpaired) electrons. The average molecular weight is 236 g/mol. The molecule has 0 saturated carbocycles. The molecule has 0 aliphatic carbocycles. The van der Waals surface area contributed by atoms with Crippen LogP contribution in [0.2, 0.25) is 0 Å². The van der Waals surface area contributed by atoms with Crippen LogP contribution >= 0.6 is 15.9 Å². The number of amides is 1. The van der Waals surface area contributed by atoms with E-state index in [2.05, 4.69) is 29.8 Å². The second-order valence-electron chi connectivity index (χ2n) is 2.94. The van der Waals surface area contributed by atoms with Crippen LogP contribution < -0.4 is 0 Å². The molecule has 1 amide bonds. The van der Waals surface area contributed by atoms with Crippen molar-refractivity contribution in [3.05, 3.63) is 0 Å². The number of carbonyl (C=O) groups is 1. The summed E-state index contributed by atoms with van der Waals surface area (Å²) in [5.41, 5.74) is 0. The van der Waals surface area contributed by atoms with E-state index in [4.69, 9.17) is 0 Å². The Morgan fingerprint density at radius 3 is 2.00 bits per heavy atom. The Balaban J connectivity index is 3.99. The third kappa shape index (κ3) is 4.10. The molecule has 0 aromatic heterocycles. The van der Waals surface area contributed by atoms with Crippen LogP contribution in [-0.2, 0) is 4.79 Å². The first-order valence-electron chi connectivity index (χ1n) is 4.56. The van der Waals surface area contributed by atoms with E-state index in [1.165, 1.54) is 0 Å². The number of rotatable bonds is 5. The molecule has 2 nitrogen and oxygen atoms in total. The van der Waals surface area contributed by atoms with E-state index in [-0.39, 0.29) is 10.7 Å². The molecular weight excluding hydrogens is 218 g/mol. The van der Waals surface area contributed by atoms with Crippen LogP contribution in [0.15, 0.2) is 0 Å². The van der Waals surface area contributed by atoms with Gasteiger partial charge in [0.2, 0.25) is 5.91 Å². The number of hydrogen-bond acceptors (Lipinski definition) is 1. The van der Waals surface area contributed by atoms with Crippen molar-refractivity contribution in [3.63, 3.8) is 0 Å². The van der Waals surface area contributed by atoms with Crippen molar-refractivity contribution in [2.45, 2.75) is 38.4 Å². The lowest BCUT2D eigenvalue weighted by Gasteiger charge is -2.22. The van der Waals surface area contributed by atoms with Gasteiger partial charge in [0.05, 0.1) is 4.83 Å². The Labute approximate surface area is 83.4 Å². The molecule has 0 bridgehead atoms. The van der Waals surface area contributed by atoms with E-state index < -0.39 is 0 Å². The molecule has 0 fully saturated rings. The van der Waals surface area contributed by atoms with Gasteiger partial charge in [-0.25, -0.2) is 0 Å². The van der Waals surface area contributed by atoms with Gasteiger partial charge in [-0.15, -0.1) is 0 Å². The minimum absolute atomic E-state index is 0.0457. The molecule has 0 rings (SSSR count). The molecule has 0 unspecified atom stereocenters. The maximum absolute atomic E-state index is 11.5. The average Bonchev–Trinajstić information content (AvgIpc) is 2.03. The van der Waals surface area contributed by atoms with Crippen LogP contribution in [-0.4, -0.2) is 28.7 Å². The van der Waals surface area contributed by atoms with Gasteiger partial charge in [-0.05, 0) is 19.8 Å². The SMILES string of the molecule is CCCN(CCC)C(=O)[C@H](C)Br. The van der Waals surface area contributed by atoms with Gasteiger partial charge >= 0.3 is 0 Å². The first-order valence-corrected chi connectivity index (χ1v) is 5.47. The largest absolute Gasteiger partial charge is 0.342 e. The number of halogens is 1. The van der Waals surface area contributed by atoms with Gasteiger partial charge in [-0.3, -0.25) is 4.79 Å². The lowest BCUT2D eigenvalue weighted by atomic mass is 10.3. The summed E-state index contributed by atoms with van der Waals surface area (Å²) in [6, 6.07) is 0. The number of carbonyl (C=O) groups excluding carboxylic acids is 1. The highest BCUT2D eigenvalue weighted by molar-refractivity contribution is 9.10. The molecule has 0 aliphatic rings. The van der Waals surface area contributed by atoms with E-state index in [1.807, 2.05) is 11.8 Å². The highest BCUT2D eigenvalue weighted by Crippen LogP contribution is 2.05. The van der Waals surface area contributed by atoms with Crippen molar-refractivity contribution in [1.29, 1.82) is 0 Å². The minimum atomic E-state index is -0.0457. The van der Waals surface area contributed by atoms with Crippen LogP contribution in [0.1, 0.15) is 33.6 Å². The molecule has 0 spiro atoms. The summed E-state index contributed by atoms with van der Waals surface area (Å²) in [5.74, 6) is 0.207. The number of nitrogens with zero attached hydrogens (tertiary/aromatic N) is 1. The molecular formula is C9H18BrNO. The first kappa shape index (κ1) is 11.9. The summed E-state index contributed by atoms with van der Waals surface area (Å²) in [7, 11) is 0. The standard InChI is InChI=1S/C9H18BrNO/c1-4-6-11(7-5-2)9(12)8(3)10/h8H,4-7H2,1-3H3/t8-/m0/s1. The van der Waals surface area contributed by atoms with Crippen LogP contribution in [0, 0.1) is 0 Å². The topological polar surface area (TPSA) is 20.3 Å². The van der Waals surface area contributed by atoms with Crippen molar-refractivity contribution in [2.24, 2.45) is 0 Å². The van der Waals surface area contributed by atoms with Gasteiger partial charge in [0.1, 0.15) is 0 Å². The minimum Gasteiger partial charge on any atom is -0.342 e. The Bertz CT molecular complexity index is 130. The lowest BCUT2D eigenvalue weighted by Crippen LogP contribution is -2.36. The normalized spacial score (nSPS) is 12.7. The first-order chi connectivity index (χ1) is 5.63. The Morgan fingerprint density at radius 2 is 1.75 bits per heavy atom. The fraction of sp³-hybridized carbons (Fsp3) is 0.889. The highest BCUT2D eigenvalue weighted by Gasteiger charge is 2.15. The second-order valence-corrected chi connectivity index (χ2v) is 4.31. The van der Waals surface area contributed by atoms with Crippen LogP contribution in [0.3, 0.4) is 0 Å². The Morgan fingerprint density at radius 1 is 1.33 bits per heavy atom. The molecule has 0 aromatic rings. The molecule has 0 aromatic carbocycles. The molecule has 0 saturated heterocycles. The predicted molar refractivity (Wildman–Crippen MR) is 55.6 cm³/mol. The van der Waals surface area contributed by atoms with Gasteiger partial charge in [0.15, 0.2) is 0 Å². The van der Waals surface area contributed by atoms with E-state index in [0.29, 0.717) is 0 Å². The molecule has 0 aliphatic heterocycles. The van der Waals surface area contributed by atoms with Crippen molar-refractivity contribution < 1.29 is 4.79 Å². The Kier molecular flexibility index (Phi) is 6.44. The quantitative estimate of drug-likeness (QED) is 0.671. The summed E-state index contributed by atoms with van der Waals surface area (Å²) in [6.45, 7) is 7.82. The van der Waals surface area contributed by atoms with E-state index in [0.717, 1.165) is 25.9 Å². The van der Waals surface area contributed by atoms with Crippen molar-refractivity contribution in [1.82, 2.24) is 4.90 Å². The molecule has 1 atom stereocenters. The lowest BCUT2D eigenvalue weighted by molar-refractivity contribution is -0.130. The highest BCUT2D eigenvalue weighted by atomic mass is 79.9. The van der Waals surface area contributed by atoms with Gasteiger partial charge in [-0.2, -0.15) is 0 Å². The zero-order valence-corrected chi connectivity index (χ0v) is 9.73. The summed E-state index contributed by atoms with van der Waals surface area (Å²) in [5, 5.41) is 0. The van der Waals surface area contributed by atoms with E-state index in [1.54, 1.807) is 0 Å². The Hall–Kier alpha value is -0.0500. The van der Waals surface area contributed by atoms with Crippen LogP contribution in [0.5, 0.6) is 0 Å². The van der Waals surface area contributed by atoms with Crippen LogP contribution in [0.25, 0.3) is 0 Å². The molecule has 72 valence electrons. The monoisotopic (exact) mass is 235 g/mol. The molecule has 3 heteroatoms. The third-order valence-corrected chi connectivity index (χ3v) is 2.03. The van der Waals surface area contributed by atoms with Gasteiger partial charge < -0.3 is 4.90 Å². The number of alkyl halides is 1. The summed E-state index contributed by atoms with van der Waals surface area (Å²) in [4.78, 5) is 13.4. The van der Waals surface area contributed by atoms with Crippen molar-refractivity contribution in [2.75, 3.05) is 13.1 Å². The van der Waals surface area contributed by atoms with Gasteiger partial charge in [-0.1, -0.05) is 29.8 Å². The molecule has 0 N–H and O–H groups in total. The van der Waals surface area contributed by atoms with E-state index >= 15 is 0 Å². The fourth-order valence-electron chi connectivity index (χ4n) is 1.12. The molecule has 12 heavy (non-hydrogen) atoms.